The third-order valence-electron chi connectivity index (χ3n) is 3.54. The second-order valence-electron chi connectivity index (χ2n) is 5.44. The predicted molar refractivity (Wildman–Crippen MR) is 98.2 cm³/mol. The number of carbonyl (C=O) groups excluding carboxylic acids is 1. The lowest BCUT2D eigenvalue weighted by molar-refractivity contribution is -0.127. The zero-order valence-electron chi connectivity index (χ0n) is 14.3. The number of rotatable bonds is 8. The van der Waals surface area contributed by atoms with Crippen molar-refractivity contribution in [3.63, 3.8) is 0 Å². The molecule has 6 heteroatoms. The molecule has 0 spiro atoms. The van der Waals surface area contributed by atoms with E-state index in [1.165, 1.54) is 11.8 Å². The molecular formula is C19H21NO4S. The Kier molecular flexibility index (Phi) is 6.89. The topological polar surface area (TPSA) is 66.8 Å². The maximum Gasteiger partial charge on any atom is 0.335 e. The van der Waals surface area contributed by atoms with Gasteiger partial charge in [0.1, 0.15) is 5.75 Å². The summed E-state index contributed by atoms with van der Waals surface area (Å²) in [4.78, 5) is 25.7. The molecule has 25 heavy (non-hydrogen) atoms. The van der Waals surface area contributed by atoms with E-state index in [4.69, 9.17) is 9.84 Å². The summed E-state index contributed by atoms with van der Waals surface area (Å²) in [6.07, 6.45) is 0. The van der Waals surface area contributed by atoms with Crippen LogP contribution in [0.4, 0.5) is 0 Å². The van der Waals surface area contributed by atoms with Gasteiger partial charge in [0.15, 0.2) is 0 Å². The number of benzene rings is 2. The molecule has 0 saturated heterocycles. The molecule has 0 aromatic heterocycles. The van der Waals surface area contributed by atoms with Gasteiger partial charge in [-0.25, -0.2) is 4.79 Å². The lowest BCUT2D eigenvalue weighted by Gasteiger charge is -2.17. The highest BCUT2D eigenvalue weighted by Crippen LogP contribution is 2.22. The van der Waals surface area contributed by atoms with Crippen molar-refractivity contribution < 1.29 is 19.4 Å². The number of aromatic carboxylic acids is 1. The molecule has 132 valence electrons. The molecule has 2 rings (SSSR count). The first kappa shape index (κ1) is 18.9. The average molecular weight is 359 g/mol. The van der Waals surface area contributed by atoms with Gasteiger partial charge in [0.05, 0.1) is 17.9 Å². The average Bonchev–Trinajstić information content (AvgIpc) is 2.61. The normalized spacial score (nSPS) is 10.3. The van der Waals surface area contributed by atoms with E-state index in [1.54, 1.807) is 36.2 Å². The Morgan fingerprint density at radius 1 is 1.08 bits per heavy atom. The summed E-state index contributed by atoms with van der Waals surface area (Å²) in [7, 11) is 1.74. The molecule has 0 bridgehead atoms. The number of carbonyl (C=O) groups is 2. The second kappa shape index (κ2) is 9.13. The van der Waals surface area contributed by atoms with Crippen LogP contribution in [0.5, 0.6) is 5.75 Å². The van der Waals surface area contributed by atoms with Crippen molar-refractivity contribution in [2.45, 2.75) is 18.4 Å². The molecule has 0 heterocycles. The Hall–Kier alpha value is -2.47. The molecule has 1 amide bonds. The first-order valence-electron chi connectivity index (χ1n) is 7.91. The van der Waals surface area contributed by atoms with Crippen LogP contribution in [0.3, 0.4) is 0 Å². The van der Waals surface area contributed by atoms with E-state index in [2.05, 4.69) is 0 Å². The van der Waals surface area contributed by atoms with Crippen LogP contribution in [0.15, 0.2) is 53.4 Å². The summed E-state index contributed by atoms with van der Waals surface area (Å²) < 4.78 is 5.39. The fourth-order valence-corrected chi connectivity index (χ4v) is 3.01. The fraction of sp³-hybridized carbons (Fsp3) is 0.263. The predicted octanol–water partition coefficient (Wildman–Crippen LogP) is 3.53. The number of nitrogens with zero attached hydrogens (tertiary/aromatic N) is 1. The third-order valence-corrected chi connectivity index (χ3v) is 4.54. The maximum absolute atomic E-state index is 12.3. The second-order valence-corrected chi connectivity index (χ2v) is 6.49. The van der Waals surface area contributed by atoms with Crippen molar-refractivity contribution >= 4 is 23.6 Å². The Bertz CT molecular complexity index is 713. The molecule has 1 N–H and O–H groups in total. The molecule has 5 nitrogen and oxygen atoms in total. The van der Waals surface area contributed by atoms with E-state index < -0.39 is 5.97 Å². The zero-order chi connectivity index (χ0) is 18.2. The largest absolute Gasteiger partial charge is 0.494 e. The van der Waals surface area contributed by atoms with Crippen LogP contribution in [-0.4, -0.2) is 41.3 Å². The minimum absolute atomic E-state index is 0.0150. The SMILES string of the molecule is CCOc1ccc(SCC(=O)N(C)Cc2ccc(C(=O)O)cc2)cc1. The van der Waals surface area contributed by atoms with E-state index >= 15 is 0 Å². The van der Waals surface area contributed by atoms with Gasteiger partial charge >= 0.3 is 5.97 Å². The molecule has 0 unspecified atom stereocenters. The van der Waals surface area contributed by atoms with Crippen LogP contribution >= 0.6 is 11.8 Å². The summed E-state index contributed by atoms with van der Waals surface area (Å²) in [6, 6.07) is 14.2. The number of hydrogen-bond donors (Lipinski definition) is 1. The summed E-state index contributed by atoms with van der Waals surface area (Å²) in [5.74, 6) is 0.224. The molecule has 0 aliphatic carbocycles. The van der Waals surface area contributed by atoms with Gasteiger partial charge in [-0.05, 0) is 48.9 Å². The van der Waals surface area contributed by atoms with E-state index in [1.807, 2.05) is 31.2 Å². The number of carboxylic acids is 1. The zero-order valence-corrected chi connectivity index (χ0v) is 15.1. The highest BCUT2D eigenvalue weighted by atomic mass is 32.2. The third kappa shape index (κ3) is 5.83. The fourth-order valence-electron chi connectivity index (χ4n) is 2.17. The van der Waals surface area contributed by atoms with Crippen LogP contribution in [0.2, 0.25) is 0 Å². The van der Waals surface area contributed by atoms with Gasteiger partial charge in [0, 0.05) is 18.5 Å². The number of ether oxygens (including phenoxy) is 1. The molecule has 0 atom stereocenters. The molecule has 2 aromatic rings. The van der Waals surface area contributed by atoms with Gasteiger partial charge < -0.3 is 14.7 Å². The highest BCUT2D eigenvalue weighted by Gasteiger charge is 2.11. The van der Waals surface area contributed by atoms with Crippen molar-refractivity contribution in [1.82, 2.24) is 4.90 Å². The summed E-state index contributed by atoms with van der Waals surface area (Å²) in [5.41, 5.74) is 1.13. The number of thioether (sulfide) groups is 1. The molecule has 0 fully saturated rings. The van der Waals surface area contributed by atoms with Crippen LogP contribution in [0.1, 0.15) is 22.8 Å². The molecule has 0 aliphatic rings. The van der Waals surface area contributed by atoms with Gasteiger partial charge in [-0.15, -0.1) is 11.8 Å². The number of carboxylic acid groups (broad SMARTS) is 1. The van der Waals surface area contributed by atoms with Crippen LogP contribution in [0, 0.1) is 0 Å². The Morgan fingerprint density at radius 3 is 2.28 bits per heavy atom. The molecule has 0 radical (unpaired) electrons. The highest BCUT2D eigenvalue weighted by molar-refractivity contribution is 8.00. The van der Waals surface area contributed by atoms with Crippen molar-refractivity contribution in [2.24, 2.45) is 0 Å². The van der Waals surface area contributed by atoms with E-state index in [-0.39, 0.29) is 11.5 Å². The first-order valence-corrected chi connectivity index (χ1v) is 8.90. The van der Waals surface area contributed by atoms with Crippen molar-refractivity contribution in [3.8, 4) is 5.75 Å². The Labute approximate surface area is 151 Å². The van der Waals surface area contributed by atoms with Crippen molar-refractivity contribution in [1.29, 1.82) is 0 Å². The smallest absolute Gasteiger partial charge is 0.335 e. The van der Waals surface area contributed by atoms with Gasteiger partial charge in [0.25, 0.3) is 0 Å². The molecule has 0 aliphatic heterocycles. The minimum atomic E-state index is -0.956. The van der Waals surface area contributed by atoms with Crippen molar-refractivity contribution in [2.75, 3.05) is 19.4 Å². The summed E-state index contributed by atoms with van der Waals surface area (Å²) in [5, 5.41) is 8.90. The van der Waals surface area contributed by atoms with E-state index in [0.717, 1.165) is 16.2 Å². The van der Waals surface area contributed by atoms with Gasteiger partial charge in [0.2, 0.25) is 5.91 Å². The summed E-state index contributed by atoms with van der Waals surface area (Å²) >= 11 is 1.48. The monoisotopic (exact) mass is 359 g/mol. The molecule has 0 saturated carbocycles. The lowest BCUT2D eigenvalue weighted by atomic mass is 10.1. The van der Waals surface area contributed by atoms with E-state index in [9.17, 15) is 9.59 Å². The first-order chi connectivity index (χ1) is 12.0. The van der Waals surface area contributed by atoms with Crippen molar-refractivity contribution in [3.05, 3.63) is 59.7 Å². The number of hydrogen-bond acceptors (Lipinski definition) is 4. The van der Waals surface area contributed by atoms with Crippen LogP contribution < -0.4 is 4.74 Å². The number of amides is 1. The molecule has 2 aromatic carbocycles. The maximum atomic E-state index is 12.3. The van der Waals surface area contributed by atoms with Crippen LogP contribution in [0.25, 0.3) is 0 Å². The lowest BCUT2D eigenvalue weighted by Crippen LogP contribution is -2.27. The van der Waals surface area contributed by atoms with Crippen LogP contribution in [-0.2, 0) is 11.3 Å². The Morgan fingerprint density at radius 2 is 1.72 bits per heavy atom. The molecular weight excluding hydrogens is 338 g/mol. The summed E-state index contributed by atoms with van der Waals surface area (Å²) in [6.45, 7) is 3.01. The Balaban J connectivity index is 1.84. The standard InChI is InChI=1S/C19H21NO4S/c1-3-24-16-8-10-17(11-9-16)25-13-18(21)20(2)12-14-4-6-15(7-5-14)19(22)23/h4-11H,3,12-13H2,1-2H3,(H,22,23). The van der Waals surface area contributed by atoms with Gasteiger partial charge in [-0.2, -0.15) is 0 Å². The minimum Gasteiger partial charge on any atom is -0.494 e. The van der Waals surface area contributed by atoms with E-state index in [0.29, 0.717) is 18.9 Å². The van der Waals surface area contributed by atoms with Gasteiger partial charge in [-0.3, -0.25) is 4.79 Å². The van der Waals surface area contributed by atoms with Gasteiger partial charge in [-0.1, -0.05) is 12.1 Å². The quantitative estimate of drug-likeness (QED) is 0.730.